The van der Waals surface area contributed by atoms with Crippen molar-refractivity contribution >= 4 is 23.2 Å². The maximum Gasteiger partial charge on any atom is 0.255 e. The molecule has 3 aromatic rings. The zero-order chi connectivity index (χ0) is 26.8. The van der Waals surface area contributed by atoms with Crippen molar-refractivity contribution in [1.82, 2.24) is 0 Å². The number of nitrogens with one attached hydrogen (secondary N) is 1. The van der Waals surface area contributed by atoms with Crippen LogP contribution in [0.15, 0.2) is 60.7 Å². The molecule has 0 saturated heterocycles. The minimum absolute atomic E-state index is 0.167. The van der Waals surface area contributed by atoms with Gasteiger partial charge in [-0.05, 0) is 107 Å². The second kappa shape index (κ2) is 10.6. The van der Waals surface area contributed by atoms with Crippen LogP contribution >= 0.6 is 0 Å². The molecule has 4 rings (SSSR count). The largest absolute Gasteiger partial charge is 0.508 e. The number of hydrogen-bond donors (Lipinski definition) is 2. The highest BCUT2D eigenvalue weighted by atomic mass is 16.3. The Balaban J connectivity index is 1.61. The highest BCUT2D eigenvalue weighted by Crippen LogP contribution is 2.50. The fraction of sp³-hybridized carbons (Fsp3) is 0.382. The summed E-state index contributed by atoms with van der Waals surface area (Å²) >= 11 is 0. The van der Waals surface area contributed by atoms with Crippen LogP contribution in [0, 0.1) is 0 Å². The first-order valence-electron chi connectivity index (χ1n) is 13.6. The number of anilines is 1. The van der Waals surface area contributed by atoms with Gasteiger partial charge in [-0.2, -0.15) is 0 Å². The molecule has 1 aliphatic rings. The maximum atomic E-state index is 12.7. The normalized spacial score (nSPS) is 15.9. The van der Waals surface area contributed by atoms with E-state index < -0.39 is 0 Å². The monoisotopic (exact) mass is 495 g/mol. The minimum Gasteiger partial charge on any atom is -0.508 e. The Morgan fingerprint density at radius 3 is 2.16 bits per heavy atom. The maximum absolute atomic E-state index is 12.7. The average Bonchev–Trinajstić information content (AvgIpc) is 3.03. The van der Waals surface area contributed by atoms with Gasteiger partial charge in [0.25, 0.3) is 5.91 Å². The summed E-state index contributed by atoms with van der Waals surface area (Å²) in [6, 6.07) is 19.2. The molecule has 0 atom stereocenters. The summed E-state index contributed by atoms with van der Waals surface area (Å²) < 4.78 is 0. The van der Waals surface area contributed by atoms with Gasteiger partial charge in [-0.15, -0.1) is 0 Å². The summed E-state index contributed by atoms with van der Waals surface area (Å²) in [7, 11) is 0. The van der Waals surface area contributed by atoms with Crippen LogP contribution in [0.4, 0.5) is 5.69 Å². The van der Waals surface area contributed by atoms with E-state index in [2.05, 4.69) is 65.1 Å². The smallest absolute Gasteiger partial charge is 0.255 e. The second-order valence-electron chi connectivity index (χ2n) is 11.9. The number of hydrogen-bond acceptors (Lipinski definition) is 2. The van der Waals surface area contributed by atoms with Crippen LogP contribution in [0.25, 0.3) is 11.6 Å². The number of phenolic OH excluding ortho intramolecular Hbond substituents is 1. The van der Waals surface area contributed by atoms with Crippen LogP contribution in [0.5, 0.6) is 5.75 Å². The number of unbranched alkanes of at least 4 members (excludes halogenated alkanes) is 2. The van der Waals surface area contributed by atoms with Crippen LogP contribution in [-0.4, -0.2) is 11.0 Å². The quantitative estimate of drug-likeness (QED) is 0.186. The van der Waals surface area contributed by atoms with E-state index in [9.17, 15) is 9.90 Å². The van der Waals surface area contributed by atoms with Crippen LogP contribution < -0.4 is 5.32 Å². The standard InChI is InChI=1S/C34H41NO2/c1-7-8-9-10-26-20-30-31(34(5,6)22-33(30,3)4)21-29(26)23(2)19-24-11-13-25(14-12-24)32(37)35-27-15-17-28(36)18-16-27/h11-21,36H,7-10,22H2,1-6H3,(H,35,37)/b23-19+. The predicted molar refractivity (Wildman–Crippen MR) is 156 cm³/mol. The molecule has 1 aliphatic carbocycles. The zero-order valence-corrected chi connectivity index (χ0v) is 23.2. The Morgan fingerprint density at radius 1 is 0.919 bits per heavy atom. The molecule has 0 spiro atoms. The van der Waals surface area contributed by atoms with E-state index in [0.717, 1.165) is 12.0 Å². The molecule has 194 valence electrons. The summed E-state index contributed by atoms with van der Waals surface area (Å²) in [4.78, 5) is 12.7. The number of aryl methyl sites for hydroxylation is 1. The van der Waals surface area contributed by atoms with E-state index in [1.165, 1.54) is 53.5 Å². The third-order valence-corrected chi connectivity index (χ3v) is 7.74. The molecule has 0 unspecified atom stereocenters. The summed E-state index contributed by atoms with van der Waals surface area (Å²) in [5, 5.41) is 12.3. The lowest BCUT2D eigenvalue weighted by Crippen LogP contribution is -2.18. The van der Waals surface area contributed by atoms with Crippen molar-refractivity contribution in [3.05, 3.63) is 94.0 Å². The van der Waals surface area contributed by atoms with Crippen molar-refractivity contribution in [3.63, 3.8) is 0 Å². The topological polar surface area (TPSA) is 49.3 Å². The van der Waals surface area contributed by atoms with Gasteiger partial charge in [-0.1, -0.05) is 77.8 Å². The molecule has 0 aliphatic heterocycles. The van der Waals surface area contributed by atoms with Crippen molar-refractivity contribution < 1.29 is 9.90 Å². The van der Waals surface area contributed by atoms with Crippen molar-refractivity contribution in [1.29, 1.82) is 0 Å². The Kier molecular flexibility index (Phi) is 7.64. The first-order valence-corrected chi connectivity index (χ1v) is 13.6. The van der Waals surface area contributed by atoms with Gasteiger partial charge in [0.15, 0.2) is 0 Å². The molecule has 37 heavy (non-hydrogen) atoms. The lowest BCUT2D eigenvalue weighted by atomic mass is 9.82. The predicted octanol–water partition coefficient (Wildman–Crippen LogP) is 8.90. The van der Waals surface area contributed by atoms with Crippen LogP contribution in [0.1, 0.15) is 105 Å². The second-order valence-corrected chi connectivity index (χ2v) is 11.9. The highest BCUT2D eigenvalue weighted by molar-refractivity contribution is 6.04. The fourth-order valence-corrected chi connectivity index (χ4v) is 6.01. The van der Waals surface area contributed by atoms with Crippen molar-refractivity contribution in [2.24, 2.45) is 0 Å². The Bertz CT molecular complexity index is 1290. The number of rotatable bonds is 8. The Labute approximate surface area is 222 Å². The van der Waals surface area contributed by atoms with Crippen LogP contribution in [0.3, 0.4) is 0 Å². The first kappa shape index (κ1) is 26.7. The molecular formula is C34H41NO2. The number of aromatic hydroxyl groups is 1. The summed E-state index contributed by atoms with van der Waals surface area (Å²) in [5.41, 5.74) is 9.78. The van der Waals surface area contributed by atoms with E-state index in [0.29, 0.717) is 11.3 Å². The number of carbonyl (C=O) groups is 1. The molecule has 3 heteroatoms. The van der Waals surface area contributed by atoms with Gasteiger partial charge < -0.3 is 10.4 Å². The average molecular weight is 496 g/mol. The van der Waals surface area contributed by atoms with Gasteiger partial charge in [-0.25, -0.2) is 0 Å². The van der Waals surface area contributed by atoms with E-state index in [-0.39, 0.29) is 22.5 Å². The molecule has 0 bridgehead atoms. The molecule has 0 fully saturated rings. The van der Waals surface area contributed by atoms with E-state index in [1.807, 2.05) is 24.3 Å². The van der Waals surface area contributed by atoms with Gasteiger partial charge in [0.2, 0.25) is 0 Å². The van der Waals surface area contributed by atoms with Crippen molar-refractivity contribution in [3.8, 4) is 5.75 Å². The first-order chi connectivity index (χ1) is 17.5. The van der Waals surface area contributed by atoms with Gasteiger partial charge in [0, 0.05) is 11.3 Å². The number of allylic oxidation sites excluding steroid dienone is 1. The van der Waals surface area contributed by atoms with Gasteiger partial charge in [0.05, 0.1) is 0 Å². The molecule has 0 aromatic heterocycles. The number of benzene rings is 3. The molecule has 0 radical (unpaired) electrons. The van der Waals surface area contributed by atoms with E-state index in [1.54, 1.807) is 24.3 Å². The molecule has 0 heterocycles. The van der Waals surface area contributed by atoms with Gasteiger partial charge in [0.1, 0.15) is 5.75 Å². The lowest BCUT2D eigenvalue weighted by Gasteiger charge is -2.22. The highest BCUT2D eigenvalue weighted by Gasteiger charge is 2.42. The lowest BCUT2D eigenvalue weighted by molar-refractivity contribution is 0.102. The molecule has 1 amide bonds. The van der Waals surface area contributed by atoms with E-state index in [4.69, 9.17) is 0 Å². The molecule has 0 saturated carbocycles. The SMILES string of the molecule is CCCCCc1cc2c(cc1/C(C)=C/c1ccc(C(=O)Nc3ccc(O)cc3)cc1)C(C)(C)CC2(C)C. The summed E-state index contributed by atoms with van der Waals surface area (Å²) in [6.07, 6.45) is 8.20. The minimum atomic E-state index is -0.167. The van der Waals surface area contributed by atoms with Gasteiger partial charge in [-0.3, -0.25) is 4.79 Å². The van der Waals surface area contributed by atoms with Crippen molar-refractivity contribution in [2.75, 3.05) is 5.32 Å². The van der Waals surface area contributed by atoms with E-state index >= 15 is 0 Å². The molecule has 3 nitrogen and oxygen atoms in total. The van der Waals surface area contributed by atoms with Crippen molar-refractivity contribution in [2.45, 2.75) is 84.5 Å². The molecule has 3 aromatic carbocycles. The molecule has 2 N–H and O–H groups in total. The van der Waals surface area contributed by atoms with Crippen LogP contribution in [-0.2, 0) is 17.3 Å². The number of fused-ring (bicyclic) bond motifs is 1. The zero-order valence-electron chi connectivity index (χ0n) is 23.2. The number of amides is 1. The molecular weight excluding hydrogens is 454 g/mol. The van der Waals surface area contributed by atoms with Gasteiger partial charge >= 0.3 is 0 Å². The summed E-state index contributed by atoms with van der Waals surface area (Å²) in [6.45, 7) is 14.0. The Hall–Kier alpha value is -3.33. The number of carbonyl (C=O) groups excluding carboxylic acids is 1. The third-order valence-electron chi connectivity index (χ3n) is 7.74. The summed E-state index contributed by atoms with van der Waals surface area (Å²) in [5.74, 6) is 0.00768. The fourth-order valence-electron chi connectivity index (χ4n) is 6.01. The number of phenols is 1. The van der Waals surface area contributed by atoms with Crippen LogP contribution in [0.2, 0.25) is 0 Å². The Morgan fingerprint density at radius 2 is 1.54 bits per heavy atom. The third kappa shape index (κ3) is 5.98.